The highest BCUT2D eigenvalue weighted by Gasteiger charge is 2.28. The molecule has 0 aliphatic carbocycles. The third-order valence-corrected chi connectivity index (χ3v) is 7.94. The maximum Gasteiger partial charge on any atom is 0.251 e. The Morgan fingerprint density at radius 2 is 1.73 bits per heavy atom. The van der Waals surface area contributed by atoms with Gasteiger partial charge in [0.2, 0.25) is 15.9 Å². The molecule has 0 radical (unpaired) electrons. The maximum atomic E-state index is 12.9. The van der Waals surface area contributed by atoms with Gasteiger partial charge in [0.25, 0.3) is 5.91 Å². The molecule has 1 atom stereocenters. The highest BCUT2D eigenvalue weighted by atomic mass is 32.2. The lowest BCUT2D eigenvalue weighted by molar-refractivity contribution is -0.118. The summed E-state index contributed by atoms with van der Waals surface area (Å²) in [6.45, 7) is 4.88. The number of amides is 2. The summed E-state index contributed by atoms with van der Waals surface area (Å²) in [6.07, 6.45) is 1.97. The van der Waals surface area contributed by atoms with E-state index in [9.17, 15) is 18.0 Å². The van der Waals surface area contributed by atoms with Crippen LogP contribution in [0.15, 0.2) is 58.3 Å². The van der Waals surface area contributed by atoms with Crippen LogP contribution in [0.5, 0.6) is 0 Å². The second kappa shape index (κ2) is 11.1. The first-order valence-corrected chi connectivity index (χ1v) is 13.3. The standard InChI is InChI=1S/C23H29N3O5S2/c1-16(2)21(23(28)24-18-7-9-19(32-3)10-8-18)25-22(27)17-5-4-6-20(15-17)33(29,30)26-11-13-31-14-12-26/h4-10,15-16,21H,11-14H2,1-3H3,(H,24,28)(H,25,27)/t21-/m0/s1. The van der Waals surface area contributed by atoms with Gasteiger partial charge in [-0.2, -0.15) is 4.31 Å². The first-order valence-electron chi connectivity index (χ1n) is 10.7. The summed E-state index contributed by atoms with van der Waals surface area (Å²) in [6, 6.07) is 12.5. The van der Waals surface area contributed by atoms with Crippen molar-refractivity contribution in [3.05, 3.63) is 54.1 Å². The summed E-state index contributed by atoms with van der Waals surface area (Å²) in [7, 11) is -3.73. The predicted molar refractivity (Wildman–Crippen MR) is 129 cm³/mol. The van der Waals surface area contributed by atoms with Crippen molar-refractivity contribution in [1.29, 1.82) is 0 Å². The lowest BCUT2D eigenvalue weighted by Crippen LogP contribution is -2.47. The van der Waals surface area contributed by atoms with E-state index in [0.29, 0.717) is 18.9 Å². The molecule has 0 saturated carbocycles. The van der Waals surface area contributed by atoms with E-state index in [1.54, 1.807) is 11.8 Å². The molecular weight excluding hydrogens is 462 g/mol. The Labute approximate surface area is 199 Å². The number of carbonyl (C=O) groups is 2. The second-order valence-electron chi connectivity index (χ2n) is 7.96. The highest BCUT2D eigenvalue weighted by Crippen LogP contribution is 2.20. The molecule has 178 valence electrons. The van der Waals surface area contributed by atoms with Crippen molar-refractivity contribution in [1.82, 2.24) is 9.62 Å². The lowest BCUT2D eigenvalue weighted by atomic mass is 10.0. The van der Waals surface area contributed by atoms with Crippen LogP contribution >= 0.6 is 11.8 Å². The number of benzene rings is 2. The predicted octanol–water partition coefficient (Wildman–Crippen LogP) is 2.82. The molecule has 10 heteroatoms. The van der Waals surface area contributed by atoms with Gasteiger partial charge in [0, 0.05) is 29.2 Å². The van der Waals surface area contributed by atoms with Gasteiger partial charge in [0.1, 0.15) is 6.04 Å². The number of nitrogens with one attached hydrogen (secondary N) is 2. The molecule has 0 bridgehead atoms. The van der Waals surface area contributed by atoms with Gasteiger partial charge in [-0.25, -0.2) is 8.42 Å². The molecule has 1 aliphatic heterocycles. The SMILES string of the molecule is CSc1ccc(NC(=O)[C@@H](NC(=O)c2cccc(S(=O)(=O)N3CCOCC3)c2)C(C)C)cc1. The number of sulfonamides is 1. The van der Waals surface area contributed by atoms with E-state index in [1.165, 1.54) is 28.6 Å². The smallest absolute Gasteiger partial charge is 0.251 e. The first kappa shape index (κ1) is 25.2. The van der Waals surface area contributed by atoms with E-state index in [0.717, 1.165) is 4.90 Å². The van der Waals surface area contributed by atoms with E-state index >= 15 is 0 Å². The Morgan fingerprint density at radius 1 is 1.06 bits per heavy atom. The molecule has 1 heterocycles. The molecular formula is C23H29N3O5S2. The van der Waals surface area contributed by atoms with Crippen molar-refractivity contribution in [2.24, 2.45) is 5.92 Å². The summed E-state index contributed by atoms with van der Waals surface area (Å²) < 4.78 is 32.4. The van der Waals surface area contributed by atoms with Gasteiger partial charge in [-0.05, 0) is 54.6 Å². The number of ether oxygens (including phenoxy) is 1. The van der Waals surface area contributed by atoms with Crippen molar-refractivity contribution in [2.45, 2.75) is 29.7 Å². The fraction of sp³-hybridized carbons (Fsp3) is 0.391. The fourth-order valence-corrected chi connectivity index (χ4v) is 5.25. The highest BCUT2D eigenvalue weighted by molar-refractivity contribution is 7.98. The van der Waals surface area contributed by atoms with Gasteiger partial charge in [0.05, 0.1) is 18.1 Å². The van der Waals surface area contributed by atoms with E-state index in [1.807, 2.05) is 44.4 Å². The fourth-order valence-electron chi connectivity index (χ4n) is 3.39. The molecule has 1 fully saturated rings. The number of morpholine rings is 1. The average Bonchev–Trinajstić information content (AvgIpc) is 2.83. The monoisotopic (exact) mass is 491 g/mol. The number of hydrogen-bond donors (Lipinski definition) is 2. The third kappa shape index (κ3) is 6.35. The number of nitrogens with zero attached hydrogens (tertiary/aromatic N) is 1. The molecule has 8 nitrogen and oxygen atoms in total. The average molecular weight is 492 g/mol. The van der Waals surface area contributed by atoms with Crippen LogP contribution in [0.1, 0.15) is 24.2 Å². The molecule has 1 aliphatic rings. The zero-order valence-corrected chi connectivity index (χ0v) is 20.5. The van der Waals surface area contributed by atoms with E-state index in [4.69, 9.17) is 4.74 Å². The van der Waals surface area contributed by atoms with Crippen molar-refractivity contribution in [3.8, 4) is 0 Å². The summed E-state index contributed by atoms with van der Waals surface area (Å²) in [5.74, 6) is -1.03. The molecule has 33 heavy (non-hydrogen) atoms. The molecule has 2 aromatic carbocycles. The van der Waals surface area contributed by atoms with Crippen LogP contribution in [-0.4, -0.2) is 63.1 Å². The first-order chi connectivity index (χ1) is 15.7. The largest absolute Gasteiger partial charge is 0.379 e. The Hall–Kier alpha value is -2.40. The summed E-state index contributed by atoms with van der Waals surface area (Å²) >= 11 is 1.60. The quantitative estimate of drug-likeness (QED) is 0.550. The van der Waals surface area contributed by atoms with Gasteiger partial charge in [-0.3, -0.25) is 9.59 Å². The van der Waals surface area contributed by atoms with Gasteiger partial charge < -0.3 is 15.4 Å². The number of rotatable bonds is 8. The molecule has 0 spiro atoms. The molecule has 3 rings (SSSR count). The lowest BCUT2D eigenvalue weighted by Gasteiger charge is -2.26. The topological polar surface area (TPSA) is 105 Å². The molecule has 1 saturated heterocycles. The molecule has 2 amide bonds. The summed E-state index contributed by atoms with van der Waals surface area (Å²) in [4.78, 5) is 26.9. The van der Waals surface area contributed by atoms with Crippen molar-refractivity contribution in [2.75, 3.05) is 37.9 Å². The second-order valence-corrected chi connectivity index (χ2v) is 10.8. The maximum absolute atomic E-state index is 12.9. The third-order valence-electron chi connectivity index (χ3n) is 5.30. The van der Waals surface area contributed by atoms with Gasteiger partial charge >= 0.3 is 0 Å². The van der Waals surface area contributed by atoms with Gasteiger partial charge in [0.15, 0.2) is 0 Å². The van der Waals surface area contributed by atoms with Crippen LogP contribution in [0, 0.1) is 5.92 Å². The number of anilines is 1. The van der Waals surface area contributed by atoms with Crippen LogP contribution in [0.25, 0.3) is 0 Å². The Balaban J connectivity index is 1.73. The van der Waals surface area contributed by atoms with Crippen molar-refractivity contribution < 1.29 is 22.7 Å². The normalized spacial score (nSPS) is 15.8. The van der Waals surface area contributed by atoms with Crippen LogP contribution in [0.2, 0.25) is 0 Å². The van der Waals surface area contributed by atoms with Crippen LogP contribution in [0.4, 0.5) is 5.69 Å². The van der Waals surface area contributed by atoms with Crippen LogP contribution < -0.4 is 10.6 Å². The summed E-state index contributed by atoms with van der Waals surface area (Å²) in [5.41, 5.74) is 0.809. The number of thioether (sulfide) groups is 1. The molecule has 2 aromatic rings. The molecule has 0 aromatic heterocycles. The Kier molecular flexibility index (Phi) is 8.52. The minimum atomic E-state index is -3.73. The minimum absolute atomic E-state index is 0.0384. The summed E-state index contributed by atoms with van der Waals surface area (Å²) in [5, 5.41) is 5.58. The Morgan fingerprint density at radius 3 is 2.33 bits per heavy atom. The molecule has 0 unspecified atom stereocenters. The number of hydrogen-bond acceptors (Lipinski definition) is 6. The minimum Gasteiger partial charge on any atom is -0.379 e. The van der Waals surface area contributed by atoms with Crippen molar-refractivity contribution in [3.63, 3.8) is 0 Å². The van der Waals surface area contributed by atoms with Crippen LogP contribution in [-0.2, 0) is 19.6 Å². The van der Waals surface area contributed by atoms with Gasteiger partial charge in [-0.15, -0.1) is 11.8 Å². The van der Waals surface area contributed by atoms with E-state index < -0.39 is 22.0 Å². The van der Waals surface area contributed by atoms with Gasteiger partial charge in [-0.1, -0.05) is 19.9 Å². The van der Waals surface area contributed by atoms with E-state index in [2.05, 4.69) is 10.6 Å². The van der Waals surface area contributed by atoms with Crippen LogP contribution in [0.3, 0.4) is 0 Å². The zero-order valence-electron chi connectivity index (χ0n) is 18.9. The van der Waals surface area contributed by atoms with Crippen molar-refractivity contribution >= 4 is 39.3 Å². The number of carbonyl (C=O) groups excluding carboxylic acids is 2. The Bertz CT molecular complexity index is 1080. The molecule has 2 N–H and O–H groups in total. The zero-order chi connectivity index (χ0) is 24.0. The van der Waals surface area contributed by atoms with E-state index in [-0.39, 0.29) is 35.4 Å².